The number of amides is 1. The van der Waals surface area contributed by atoms with E-state index in [0.29, 0.717) is 30.1 Å². The molecule has 3 heterocycles. The molecule has 0 unspecified atom stereocenters. The Kier molecular flexibility index (Phi) is 5.03. The largest absolute Gasteiger partial charge is 0.490 e. The molecule has 1 aromatic carbocycles. The molecule has 1 amide bonds. The fourth-order valence-corrected chi connectivity index (χ4v) is 3.72. The number of pyridine rings is 1. The lowest BCUT2D eigenvalue weighted by Gasteiger charge is -2.32. The highest BCUT2D eigenvalue weighted by molar-refractivity contribution is 6.06. The molecule has 0 atom stereocenters. The molecule has 0 N–H and O–H groups in total. The van der Waals surface area contributed by atoms with Gasteiger partial charge in [0, 0.05) is 31.6 Å². The van der Waals surface area contributed by atoms with Crippen molar-refractivity contribution in [2.75, 3.05) is 13.1 Å². The molecule has 6 nitrogen and oxygen atoms in total. The lowest BCUT2D eigenvalue weighted by Crippen LogP contribution is -2.41. The number of piperidine rings is 1. The van der Waals surface area contributed by atoms with Gasteiger partial charge in [0.1, 0.15) is 11.9 Å². The van der Waals surface area contributed by atoms with Gasteiger partial charge >= 0.3 is 0 Å². The highest BCUT2D eigenvalue weighted by Gasteiger charge is 2.27. The number of carbonyl (C=O) groups excluding carboxylic acids is 1. The molecular formula is C22H25N3O3. The molecule has 0 bridgehead atoms. The first kappa shape index (κ1) is 18.5. The summed E-state index contributed by atoms with van der Waals surface area (Å²) in [7, 11) is 0. The molecule has 0 radical (unpaired) electrons. The summed E-state index contributed by atoms with van der Waals surface area (Å²) < 4.78 is 11.4. The Bertz CT molecular complexity index is 1000. The predicted molar refractivity (Wildman–Crippen MR) is 107 cm³/mol. The minimum atomic E-state index is 0.0161. The van der Waals surface area contributed by atoms with Gasteiger partial charge < -0.3 is 14.2 Å². The number of aromatic nitrogens is 2. The van der Waals surface area contributed by atoms with E-state index in [1.165, 1.54) is 5.56 Å². The fourth-order valence-electron chi connectivity index (χ4n) is 3.72. The first-order valence-electron chi connectivity index (χ1n) is 9.83. The maximum absolute atomic E-state index is 13.2. The fraction of sp³-hybridized carbons (Fsp3) is 0.409. The number of hydrogen-bond acceptors (Lipinski definition) is 5. The van der Waals surface area contributed by atoms with Crippen LogP contribution in [-0.2, 0) is 6.42 Å². The number of rotatable bonds is 4. The minimum Gasteiger partial charge on any atom is -0.490 e. The molecule has 1 fully saturated rings. The Morgan fingerprint density at radius 2 is 2.04 bits per heavy atom. The number of aryl methyl sites for hydroxylation is 3. The van der Waals surface area contributed by atoms with Gasteiger partial charge in [-0.05, 0) is 44.0 Å². The van der Waals surface area contributed by atoms with Gasteiger partial charge in [-0.2, -0.15) is 0 Å². The van der Waals surface area contributed by atoms with Gasteiger partial charge in [0.15, 0.2) is 0 Å². The van der Waals surface area contributed by atoms with Gasteiger partial charge in [-0.1, -0.05) is 24.2 Å². The summed E-state index contributed by atoms with van der Waals surface area (Å²) in [5.74, 6) is 0.913. The van der Waals surface area contributed by atoms with Gasteiger partial charge in [-0.3, -0.25) is 4.79 Å². The zero-order chi connectivity index (χ0) is 19.7. The van der Waals surface area contributed by atoms with Crippen LogP contribution in [0, 0.1) is 13.8 Å². The monoisotopic (exact) mass is 379 g/mol. The molecule has 3 aromatic rings. The lowest BCUT2D eigenvalue weighted by atomic mass is 10.0. The highest BCUT2D eigenvalue weighted by atomic mass is 16.5. The van der Waals surface area contributed by atoms with Crippen LogP contribution in [0.2, 0.25) is 0 Å². The number of fused-ring (bicyclic) bond motifs is 1. The van der Waals surface area contributed by atoms with E-state index in [2.05, 4.69) is 23.1 Å². The molecule has 6 heteroatoms. The van der Waals surface area contributed by atoms with Crippen molar-refractivity contribution in [1.82, 2.24) is 15.0 Å². The summed E-state index contributed by atoms with van der Waals surface area (Å²) in [5, 5.41) is 4.72. The van der Waals surface area contributed by atoms with Gasteiger partial charge in [0.05, 0.1) is 16.6 Å². The van der Waals surface area contributed by atoms with Crippen molar-refractivity contribution in [3.05, 3.63) is 52.8 Å². The van der Waals surface area contributed by atoms with Crippen LogP contribution in [0.15, 0.2) is 34.9 Å². The summed E-state index contributed by atoms with van der Waals surface area (Å²) in [6, 6.07) is 9.97. The van der Waals surface area contributed by atoms with Crippen molar-refractivity contribution >= 4 is 17.0 Å². The smallest absolute Gasteiger partial charge is 0.258 e. The van der Waals surface area contributed by atoms with E-state index in [-0.39, 0.29) is 12.0 Å². The highest BCUT2D eigenvalue weighted by Crippen LogP contribution is 2.26. The maximum Gasteiger partial charge on any atom is 0.258 e. The van der Waals surface area contributed by atoms with Crippen molar-refractivity contribution in [1.29, 1.82) is 0 Å². The SMILES string of the molecule is CCc1cc(C(=O)N2CCC(Oc3cccc(C)c3)CC2)c2c(C)noc2n1. The third-order valence-electron chi connectivity index (χ3n) is 5.28. The Hall–Kier alpha value is -2.89. The summed E-state index contributed by atoms with van der Waals surface area (Å²) in [4.78, 5) is 19.6. The first-order chi connectivity index (χ1) is 13.5. The van der Waals surface area contributed by atoms with E-state index < -0.39 is 0 Å². The van der Waals surface area contributed by atoms with Crippen LogP contribution >= 0.6 is 0 Å². The first-order valence-corrected chi connectivity index (χ1v) is 9.83. The zero-order valence-corrected chi connectivity index (χ0v) is 16.6. The summed E-state index contributed by atoms with van der Waals surface area (Å²) in [5.41, 5.74) is 3.80. The zero-order valence-electron chi connectivity index (χ0n) is 16.6. The van der Waals surface area contributed by atoms with Gasteiger partial charge in [-0.25, -0.2) is 4.98 Å². The van der Waals surface area contributed by atoms with Crippen molar-refractivity contribution in [3.63, 3.8) is 0 Å². The van der Waals surface area contributed by atoms with Gasteiger partial charge in [0.25, 0.3) is 11.6 Å². The number of benzene rings is 1. The van der Waals surface area contributed by atoms with E-state index in [4.69, 9.17) is 9.26 Å². The molecule has 0 saturated carbocycles. The average molecular weight is 379 g/mol. The minimum absolute atomic E-state index is 0.0161. The van der Waals surface area contributed by atoms with Crippen molar-refractivity contribution in [3.8, 4) is 5.75 Å². The van der Waals surface area contributed by atoms with Crippen LogP contribution in [0.5, 0.6) is 5.75 Å². The maximum atomic E-state index is 13.2. The Morgan fingerprint density at radius 1 is 1.25 bits per heavy atom. The topological polar surface area (TPSA) is 68.5 Å². The Balaban J connectivity index is 1.48. The van der Waals surface area contributed by atoms with Crippen molar-refractivity contribution < 1.29 is 14.1 Å². The van der Waals surface area contributed by atoms with E-state index in [0.717, 1.165) is 36.1 Å². The van der Waals surface area contributed by atoms with E-state index in [9.17, 15) is 4.79 Å². The van der Waals surface area contributed by atoms with Crippen LogP contribution in [0.25, 0.3) is 11.1 Å². The molecule has 146 valence electrons. The molecule has 1 saturated heterocycles. The molecule has 28 heavy (non-hydrogen) atoms. The van der Waals surface area contributed by atoms with Crippen LogP contribution in [0.1, 0.15) is 47.1 Å². The number of ether oxygens (including phenoxy) is 1. The molecular weight excluding hydrogens is 354 g/mol. The lowest BCUT2D eigenvalue weighted by molar-refractivity contribution is 0.0597. The number of carbonyl (C=O) groups is 1. The normalized spacial score (nSPS) is 15.2. The van der Waals surface area contributed by atoms with Crippen LogP contribution < -0.4 is 4.74 Å². The van der Waals surface area contributed by atoms with Gasteiger partial charge in [0.2, 0.25) is 0 Å². The number of hydrogen-bond donors (Lipinski definition) is 0. The molecule has 0 spiro atoms. The standard InChI is InChI=1S/C22H25N3O3/c1-4-16-13-19(20-15(3)24-28-21(20)23-16)22(26)25-10-8-17(9-11-25)27-18-7-5-6-14(2)12-18/h5-7,12-13,17H,4,8-11H2,1-3H3. The predicted octanol–water partition coefficient (Wildman–Crippen LogP) is 4.09. The second-order valence-electron chi connectivity index (χ2n) is 7.39. The third-order valence-corrected chi connectivity index (χ3v) is 5.28. The number of likely N-dealkylation sites (tertiary alicyclic amines) is 1. The summed E-state index contributed by atoms with van der Waals surface area (Å²) in [6.07, 6.45) is 2.50. The quantitative estimate of drug-likeness (QED) is 0.683. The second kappa shape index (κ2) is 7.62. The second-order valence-corrected chi connectivity index (χ2v) is 7.39. The molecule has 2 aromatic heterocycles. The molecule has 0 aliphatic carbocycles. The average Bonchev–Trinajstić information content (AvgIpc) is 3.08. The summed E-state index contributed by atoms with van der Waals surface area (Å²) >= 11 is 0. The third kappa shape index (κ3) is 3.59. The van der Waals surface area contributed by atoms with Crippen molar-refractivity contribution in [2.24, 2.45) is 0 Å². The van der Waals surface area contributed by atoms with E-state index in [1.54, 1.807) is 0 Å². The van der Waals surface area contributed by atoms with Crippen LogP contribution in [0.3, 0.4) is 0 Å². The molecule has 1 aliphatic heterocycles. The molecule has 4 rings (SSSR count). The Labute approximate surface area is 164 Å². The van der Waals surface area contributed by atoms with E-state index in [1.807, 2.05) is 43.0 Å². The number of nitrogens with zero attached hydrogens (tertiary/aromatic N) is 3. The summed E-state index contributed by atoms with van der Waals surface area (Å²) in [6.45, 7) is 7.26. The van der Waals surface area contributed by atoms with E-state index >= 15 is 0 Å². The van der Waals surface area contributed by atoms with Crippen LogP contribution in [0.4, 0.5) is 0 Å². The van der Waals surface area contributed by atoms with Crippen molar-refractivity contribution in [2.45, 2.75) is 46.1 Å². The van der Waals surface area contributed by atoms with Crippen LogP contribution in [-0.4, -0.2) is 40.1 Å². The molecule has 1 aliphatic rings. The Morgan fingerprint density at radius 3 is 2.75 bits per heavy atom. The van der Waals surface area contributed by atoms with Gasteiger partial charge in [-0.15, -0.1) is 0 Å².